The van der Waals surface area contributed by atoms with Crippen LogP contribution in [-0.4, -0.2) is 36.3 Å². The van der Waals surface area contributed by atoms with Crippen molar-refractivity contribution in [3.8, 4) is 0 Å². The molecule has 1 aromatic carbocycles. The molecule has 0 unspecified atom stereocenters. The minimum absolute atomic E-state index is 0.0585. The predicted molar refractivity (Wildman–Crippen MR) is 92.5 cm³/mol. The van der Waals surface area contributed by atoms with Gasteiger partial charge in [0.25, 0.3) is 0 Å². The van der Waals surface area contributed by atoms with Gasteiger partial charge in [0.2, 0.25) is 11.8 Å². The van der Waals surface area contributed by atoms with Crippen LogP contribution < -0.4 is 5.32 Å². The molecular formula is C20H26N2O2. The van der Waals surface area contributed by atoms with E-state index in [1.165, 1.54) is 12.8 Å². The molecule has 1 heterocycles. The summed E-state index contributed by atoms with van der Waals surface area (Å²) in [6, 6.07) is 10.2. The van der Waals surface area contributed by atoms with Gasteiger partial charge in [0.1, 0.15) is 0 Å². The van der Waals surface area contributed by atoms with Gasteiger partial charge in [-0.25, -0.2) is 0 Å². The normalized spacial score (nSPS) is 27.4. The molecule has 1 saturated heterocycles. The highest BCUT2D eigenvalue weighted by Crippen LogP contribution is 2.72. The van der Waals surface area contributed by atoms with Crippen LogP contribution in [0.4, 0.5) is 0 Å². The van der Waals surface area contributed by atoms with E-state index in [-0.39, 0.29) is 23.8 Å². The SMILES string of the molecule is O=C(CNC(=O)[C@]1(c2ccccc2)CC12CCCC2)N1CCCC1. The van der Waals surface area contributed by atoms with Crippen molar-refractivity contribution in [1.82, 2.24) is 10.2 Å². The zero-order chi connectivity index (χ0) is 16.6. The molecule has 2 saturated carbocycles. The summed E-state index contributed by atoms with van der Waals surface area (Å²) in [6.07, 6.45) is 7.80. The second kappa shape index (κ2) is 5.91. The molecule has 1 aromatic rings. The van der Waals surface area contributed by atoms with E-state index >= 15 is 0 Å². The van der Waals surface area contributed by atoms with Gasteiger partial charge in [-0.2, -0.15) is 0 Å². The first-order valence-corrected chi connectivity index (χ1v) is 9.30. The molecule has 4 heteroatoms. The fraction of sp³-hybridized carbons (Fsp3) is 0.600. The molecule has 0 radical (unpaired) electrons. The van der Waals surface area contributed by atoms with Crippen molar-refractivity contribution < 1.29 is 9.59 Å². The smallest absolute Gasteiger partial charge is 0.241 e. The fourth-order valence-corrected chi connectivity index (χ4v) is 5.09. The molecule has 3 aliphatic rings. The molecule has 1 aliphatic heterocycles. The first-order chi connectivity index (χ1) is 11.7. The van der Waals surface area contributed by atoms with E-state index in [9.17, 15) is 9.59 Å². The van der Waals surface area contributed by atoms with E-state index in [4.69, 9.17) is 0 Å². The van der Waals surface area contributed by atoms with Crippen LogP contribution in [0.2, 0.25) is 0 Å². The maximum Gasteiger partial charge on any atom is 0.241 e. The molecule has 24 heavy (non-hydrogen) atoms. The van der Waals surface area contributed by atoms with Gasteiger partial charge < -0.3 is 10.2 Å². The maximum atomic E-state index is 13.1. The van der Waals surface area contributed by atoms with Crippen molar-refractivity contribution >= 4 is 11.8 Å². The Kier molecular flexibility index (Phi) is 3.86. The first kappa shape index (κ1) is 15.7. The lowest BCUT2D eigenvalue weighted by Gasteiger charge is -2.23. The third-order valence-electron chi connectivity index (χ3n) is 6.46. The highest BCUT2D eigenvalue weighted by atomic mass is 16.2. The zero-order valence-electron chi connectivity index (χ0n) is 14.2. The molecule has 2 aliphatic carbocycles. The molecule has 1 N–H and O–H groups in total. The van der Waals surface area contributed by atoms with Crippen LogP contribution in [0, 0.1) is 5.41 Å². The summed E-state index contributed by atoms with van der Waals surface area (Å²) in [6.45, 7) is 1.81. The van der Waals surface area contributed by atoms with Crippen LogP contribution in [0.5, 0.6) is 0 Å². The molecule has 0 bridgehead atoms. The quantitative estimate of drug-likeness (QED) is 0.925. The Morgan fingerprint density at radius 3 is 2.33 bits per heavy atom. The average Bonchev–Trinajstić information content (AvgIpc) is 3.00. The molecule has 3 fully saturated rings. The average molecular weight is 326 g/mol. The van der Waals surface area contributed by atoms with E-state index in [0.717, 1.165) is 50.8 Å². The monoisotopic (exact) mass is 326 g/mol. The third-order valence-corrected chi connectivity index (χ3v) is 6.46. The summed E-state index contributed by atoms with van der Waals surface area (Å²) in [5.74, 6) is 0.119. The number of hydrogen-bond donors (Lipinski definition) is 1. The molecule has 4 nitrogen and oxygen atoms in total. The summed E-state index contributed by atoms with van der Waals surface area (Å²) in [5, 5.41) is 2.98. The topological polar surface area (TPSA) is 49.4 Å². The van der Waals surface area contributed by atoms with Gasteiger partial charge in [0.15, 0.2) is 0 Å². The van der Waals surface area contributed by atoms with Crippen molar-refractivity contribution in [3.63, 3.8) is 0 Å². The standard InChI is InChI=1S/C20H26N2O2/c23-17(22-12-6-7-13-22)14-21-18(24)20(16-8-2-1-3-9-16)15-19(20)10-4-5-11-19/h1-3,8-9H,4-7,10-15H2,(H,21,24)/t20-/m1/s1. The Bertz CT molecular complexity index is 630. The van der Waals surface area contributed by atoms with Gasteiger partial charge in [-0.05, 0) is 43.1 Å². The van der Waals surface area contributed by atoms with Crippen molar-refractivity contribution in [1.29, 1.82) is 0 Å². The van der Waals surface area contributed by atoms with Crippen LogP contribution in [0.3, 0.4) is 0 Å². The summed E-state index contributed by atoms with van der Waals surface area (Å²) in [4.78, 5) is 27.3. The number of benzene rings is 1. The molecule has 4 rings (SSSR count). The Morgan fingerprint density at radius 1 is 1.00 bits per heavy atom. The zero-order valence-corrected chi connectivity index (χ0v) is 14.2. The van der Waals surface area contributed by atoms with Gasteiger partial charge in [0.05, 0.1) is 12.0 Å². The number of likely N-dealkylation sites (tertiary alicyclic amines) is 1. The summed E-state index contributed by atoms with van der Waals surface area (Å²) in [7, 11) is 0. The number of amides is 2. The van der Waals surface area contributed by atoms with E-state index in [2.05, 4.69) is 17.4 Å². The lowest BCUT2D eigenvalue weighted by Crippen LogP contribution is -2.44. The van der Waals surface area contributed by atoms with Crippen molar-refractivity contribution in [2.45, 2.75) is 50.4 Å². The molecule has 0 aromatic heterocycles. The second-order valence-corrected chi connectivity index (χ2v) is 7.71. The largest absolute Gasteiger partial charge is 0.346 e. The lowest BCUT2D eigenvalue weighted by molar-refractivity contribution is -0.133. The Hall–Kier alpha value is -1.84. The van der Waals surface area contributed by atoms with E-state index in [1.807, 2.05) is 23.1 Å². The van der Waals surface area contributed by atoms with Gasteiger partial charge in [-0.3, -0.25) is 9.59 Å². The van der Waals surface area contributed by atoms with Crippen LogP contribution in [-0.2, 0) is 15.0 Å². The minimum Gasteiger partial charge on any atom is -0.346 e. The van der Waals surface area contributed by atoms with Crippen LogP contribution in [0.1, 0.15) is 50.5 Å². The summed E-state index contributed by atoms with van der Waals surface area (Å²) in [5.41, 5.74) is 0.851. The van der Waals surface area contributed by atoms with Crippen LogP contribution in [0.25, 0.3) is 0 Å². The summed E-state index contributed by atoms with van der Waals surface area (Å²) < 4.78 is 0. The molecule has 1 spiro atoms. The molecule has 128 valence electrons. The Balaban J connectivity index is 1.50. The summed E-state index contributed by atoms with van der Waals surface area (Å²) >= 11 is 0. The number of nitrogens with zero attached hydrogens (tertiary/aromatic N) is 1. The van der Waals surface area contributed by atoms with Crippen LogP contribution in [0.15, 0.2) is 30.3 Å². The molecular weight excluding hydrogens is 300 g/mol. The molecule has 1 atom stereocenters. The van der Waals surface area contributed by atoms with Crippen molar-refractivity contribution in [2.75, 3.05) is 19.6 Å². The van der Waals surface area contributed by atoms with Gasteiger partial charge in [-0.1, -0.05) is 43.2 Å². The Morgan fingerprint density at radius 2 is 1.67 bits per heavy atom. The van der Waals surface area contributed by atoms with Crippen LogP contribution >= 0.6 is 0 Å². The number of nitrogens with one attached hydrogen (secondary N) is 1. The van der Waals surface area contributed by atoms with Crippen molar-refractivity contribution in [2.24, 2.45) is 5.41 Å². The number of rotatable bonds is 4. The van der Waals surface area contributed by atoms with Gasteiger partial charge in [-0.15, -0.1) is 0 Å². The second-order valence-electron chi connectivity index (χ2n) is 7.71. The predicted octanol–water partition coefficient (Wildman–Crippen LogP) is 2.63. The number of hydrogen-bond acceptors (Lipinski definition) is 2. The third kappa shape index (κ3) is 2.35. The number of carbonyl (C=O) groups excluding carboxylic acids is 2. The van der Waals surface area contributed by atoms with E-state index in [1.54, 1.807) is 0 Å². The van der Waals surface area contributed by atoms with Crippen molar-refractivity contribution in [3.05, 3.63) is 35.9 Å². The van der Waals surface area contributed by atoms with E-state index in [0.29, 0.717) is 0 Å². The number of carbonyl (C=O) groups is 2. The highest BCUT2D eigenvalue weighted by molar-refractivity contribution is 5.95. The highest BCUT2D eigenvalue weighted by Gasteiger charge is 2.72. The van der Waals surface area contributed by atoms with Gasteiger partial charge in [0, 0.05) is 13.1 Å². The Labute approximate surface area is 143 Å². The lowest BCUT2D eigenvalue weighted by atomic mass is 9.84. The fourth-order valence-electron chi connectivity index (χ4n) is 5.09. The maximum absolute atomic E-state index is 13.1. The molecule has 2 amide bonds. The first-order valence-electron chi connectivity index (χ1n) is 9.30. The minimum atomic E-state index is -0.407. The van der Waals surface area contributed by atoms with E-state index < -0.39 is 5.41 Å². The van der Waals surface area contributed by atoms with Gasteiger partial charge >= 0.3 is 0 Å².